The summed E-state index contributed by atoms with van der Waals surface area (Å²) in [6, 6.07) is 6.44. The van der Waals surface area contributed by atoms with Gasteiger partial charge in [-0.25, -0.2) is 9.59 Å². The molecule has 0 aromatic heterocycles. The van der Waals surface area contributed by atoms with E-state index in [2.05, 4.69) is 22.5 Å². The average molecular weight is 333 g/mol. The van der Waals surface area contributed by atoms with Crippen molar-refractivity contribution in [1.82, 2.24) is 10.2 Å². The fourth-order valence-corrected chi connectivity index (χ4v) is 2.90. The highest BCUT2D eigenvalue weighted by molar-refractivity contribution is 5.92. The lowest BCUT2D eigenvalue weighted by Gasteiger charge is -2.30. The van der Waals surface area contributed by atoms with Crippen molar-refractivity contribution in [2.75, 3.05) is 38.1 Å². The first-order chi connectivity index (χ1) is 11.6. The highest BCUT2D eigenvalue weighted by atomic mass is 16.5. The van der Waals surface area contributed by atoms with E-state index in [4.69, 9.17) is 4.74 Å². The Morgan fingerprint density at radius 3 is 2.71 bits per heavy atom. The number of hydrogen-bond donors (Lipinski definition) is 2. The van der Waals surface area contributed by atoms with Gasteiger partial charge in [0.15, 0.2) is 0 Å². The van der Waals surface area contributed by atoms with Crippen molar-refractivity contribution >= 4 is 17.7 Å². The highest BCUT2D eigenvalue weighted by Crippen LogP contribution is 2.14. The smallest absolute Gasteiger partial charge is 0.338 e. The summed E-state index contributed by atoms with van der Waals surface area (Å²) in [5.41, 5.74) is 1.12. The van der Waals surface area contributed by atoms with Gasteiger partial charge in [0.1, 0.15) is 0 Å². The minimum absolute atomic E-state index is 0.232. The number of rotatable bonds is 6. The van der Waals surface area contributed by atoms with Crippen LogP contribution in [0.1, 0.15) is 37.0 Å². The Balaban J connectivity index is 1.71. The minimum Gasteiger partial charge on any atom is -0.462 e. The first-order valence-electron chi connectivity index (χ1n) is 8.63. The van der Waals surface area contributed by atoms with Crippen molar-refractivity contribution < 1.29 is 14.3 Å². The normalized spacial score (nSPS) is 18.0. The first-order valence-corrected chi connectivity index (χ1v) is 8.63. The SMILES string of the molecule is CCOC(=O)c1ccc(NC(=O)NCCN2CCC[C@H](C)C2)cc1. The molecule has 2 rings (SSSR count). The molecule has 0 bridgehead atoms. The van der Waals surface area contributed by atoms with Gasteiger partial charge in [0.2, 0.25) is 0 Å². The van der Waals surface area contributed by atoms with Crippen molar-refractivity contribution in [2.45, 2.75) is 26.7 Å². The molecule has 1 aromatic carbocycles. The van der Waals surface area contributed by atoms with Crippen molar-refractivity contribution in [3.05, 3.63) is 29.8 Å². The molecule has 1 aromatic rings. The molecule has 0 saturated carbocycles. The summed E-state index contributed by atoms with van der Waals surface area (Å²) in [6.07, 6.45) is 2.53. The van der Waals surface area contributed by atoms with E-state index in [1.807, 2.05) is 0 Å². The monoisotopic (exact) mass is 333 g/mol. The van der Waals surface area contributed by atoms with E-state index in [9.17, 15) is 9.59 Å². The van der Waals surface area contributed by atoms with E-state index in [0.29, 0.717) is 24.4 Å². The molecule has 0 unspecified atom stereocenters. The standard InChI is InChI=1S/C18H27N3O3/c1-3-24-17(22)15-6-8-16(9-7-15)20-18(23)19-10-12-21-11-4-5-14(2)13-21/h6-9,14H,3-5,10-13H2,1-2H3,(H2,19,20,23)/t14-/m0/s1. The molecule has 0 aliphatic carbocycles. The van der Waals surface area contributed by atoms with Gasteiger partial charge in [-0.15, -0.1) is 0 Å². The highest BCUT2D eigenvalue weighted by Gasteiger charge is 2.15. The number of esters is 1. The maximum Gasteiger partial charge on any atom is 0.338 e. The van der Waals surface area contributed by atoms with Gasteiger partial charge in [-0.3, -0.25) is 0 Å². The maximum absolute atomic E-state index is 11.9. The van der Waals surface area contributed by atoms with Crippen LogP contribution in [0.2, 0.25) is 0 Å². The van der Waals surface area contributed by atoms with Gasteiger partial charge < -0.3 is 20.3 Å². The number of carbonyl (C=O) groups is 2. The lowest BCUT2D eigenvalue weighted by Crippen LogP contribution is -2.41. The minimum atomic E-state index is -0.357. The number of ether oxygens (including phenoxy) is 1. The van der Waals surface area contributed by atoms with Crippen LogP contribution in [-0.4, -0.2) is 49.7 Å². The number of nitrogens with zero attached hydrogens (tertiary/aromatic N) is 1. The van der Waals surface area contributed by atoms with Crippen molar-refractivity contribution in [3.63, 3.8) is 0 Å². The van der Waals surface area contributed by atoms with Crippen molar-refractivity contribution in [2.24, 2.45) is 5.92 Å². The molecule has 6 heteroatoms. The summed E-state index contributed by atoms with van der Waals surface area (Å²) in [5, 5.41) is 5.63. The summed E-state index contributed by atoms with van der Waals surface area (Å²) in [4.78, 5) is 25.9. The number of anilines is 1. The Hall–Kier alpha value is -2.08. The predicted octanol–water partition coefficient (Wildman–Crippen LogP) is 2.72. The Morgan fingerprint density at radius 2 is 2.04 bits per heavy atom. The van der Waals surface area contributed by atoms with Crippen LogP contribution in [0, 0.1) is 5.92 Å². The molecule has 24 heavy (non-hydrogen) atoms. The number of amides is 2. The predicted molar refractivity (Wildman–Crippen MR) is 94.3 cm³/mol. The van der Waals surface area contributed by atoms with Crippen LogP contribution in [-0.2, 0) is 4.74 Å². The molecule has 6 nitrogen and oxygen atoms in total. The van der Waals surface area contributed by atoms with Crippen LogP contribution in [0.15, 0.2) is 24.3 Å². The van der Waals surface area contributed by atoms with Gasteiger partial charge in [-0.05, 0) is 56.5 Å². The molecule has 2 amide bonds. The molecule has 1 heterocycles. The van der Waals surface area contributed by atoms with Crippen LogP contribution in [0.3, 0.4) is 0 Å². The number of piperidine rings is 1. The number of hydrogen-bond acceptors (Lipinski definition) is 4. The van der Waals surface area contributed by atoms with E-state index in [-0.39, 0.29) is 12.0 Å². The summed E-state index contributed by atoms with van der Waals surface area (Å²) >= 11 is 0. The molecule has 132 valence electrons. The summed E-state index contributed by atoms with van der Waals surface area (Å²) in [7, 11) is 0. The third-order valence-electron chi connectivity index (χ3n) is 4.11. The summed E-state index contributed by atoms with van der Waals surface area (Å²) < 4.78 is 4.92. The molecular weight excluding hydrogens is 306 g/mol. The third-order valence-corrected chi connectivity index (χ3v) is 4.11. The topological polar surface area (TPSA) is 70.7 Å². The fourth-order valence-electron chi connectivity index (χ4n) is 2.90. The van der Waals surface area contributed by atoms with Gasteiger partial charge in [0, 0.05) is 25.3 Å². The lowest BCUT2D eigenvalue weighted by molar-refractivity contribution is 0.0526. The van der Waals surface area contributed by atoms with Crippen molar-refractivity contribution in [1.29, 1.82) is 0 Å². The zero-order chi connectivity index (χ0) is 17.4. The Labute approximate surface area is 143 Å². The fraction of sp³-hybridized carbons (Fsp3) is 0.556. The zero-order valence-electron chi connectivity index (χ0n) is 14.5. The molecule has 0 spiro atoms. The molecule has 2 N–H and O–H groups in total. The first kappa shape index (κ1) is 18.3. The lowest BCUT2D eigenvalue weighted by atomic mass is 10.0. The second kappa shape index (κ2) is 9.27. The Morgan fingerprint density at radius 1 is 1.29 bits per heavy atom. The number of nitrogens with one attached hydrogen (secondary N) is 2. The van der Waals surface area contributed by atoms with Gasteiger partial charge in [-0.1, -0.05) is 6.92 Å². The van der Waals surface area contributed by atoms with E-state index in [1.54, 1.807) is 31.2 Å². The molecule has 1 aliphatic heterocycles. The van der Waals surface area contributed by atoms with Crippen LogP contribution >= 0.6 is 0 Å². The number of benzene rings is 1. The van der Waals surface area contributed by atoms with Crippen LogP contribution < -0.4 is 10.6 Å². The Kier molecular flexibility index (Phi) is 7.06. The zero-order valence-corrected chi connectivity index (χ0v) is 14.5. The molecule has 0 radical (unpaired) electrons. The van der Waals surface area contributed by atoms with E-state index in [0.717, 1.165) is 25.6 Å². The number of carbonyl (C=O) groups excluding carboxylic acids is 2. The van der Waals surface area contributed by atoms with Gasteiger partial charge >= 0.3 is 12.0 Å². The largest absolute Gasteiger partial charge is 0.462 e. The van der Waals surface area contributed by atoms with Gasteiger partial charge in [0.05, 0.1) is 12.2 Å². The maximum atomic E-state index is 11.9. The van der Waals surface area contributed by atoms with E-state index >= 15 is 0 Å². The van der Waals surface area contributed by atoms with E-state index in [1.165, 1.54) is 12.8 Å². The molecule has 1 aliphatic rings. The van der Waals surface area contributed by atoms with Crippen LogP contribution in [0.4, 0.5) is 10.5 Å². The number of urea groups is 1. The van der Waals surface area contributed by atoms with Crippen LogP contribution in [0.5, 0.6) is 0 Å². The molecule has 1 saturated heterocycles. The van der Waals surface area contributed by atoms with Gasteiger partial charge in [0.25, 0.3) is 0 Å². The third kappa shape index (κ3) is 5.85. The average Bonchev–Trinajstić information content (AvgIpc) is 2.56. The molecule has 1 atom stereocenters. The van der Waals surface area contributed by atoms with E-state index < -0.39 is 0 Å². The van der Waals surface area contributed by atoms with Gasteiger partial charge in [-0.2, -0.15) is 0 Å². The van der Waals surface area contributed by atoms with Crippen molar-refractivity contribution in [3.8, 4) is 0 Å². The number of likely N-dealkylation sites (tertiary alicyclic amines) is 1. The summed E-state index contributed by atoms with van der Waals surface area (Å²) in [6.45, 7) is 8.10. The second-order valence-electron chi connectivity index (χ2n) is 6.23. The Bertz CT molecular complexity index is 545. The molecular formula is C18H27N3O3. The quantitative estimate of drug-likeness (QED) is 0.785. The second-order valence-corrected chi connectivity index (χ2v) is 6.23. The summed E-state index contributed by atoms with van der Waals surface area (Å²) in [5.74, 6) is 0.384. The van der Waals surface area contributed by atoms with Crippen LogP contribution in [0.25, 0.3) is 0 Å². The molecule has 1 fully saturated rings.